The highest BCUT2D eigenvalue weighted by Gasteiger charge is 2.38. The Labute approximate surface area is 92.7 Å². The van der Waals surface area contributed by atoms with Gasteiger partial charge in [-0.3, -0.25) is 0 Å². The minimum absolute atomic E-state index is 0.308. The van der Waals surface area contributed by atoms with Crippen molar-refractivity contribution in [1.82, 2.24) is 0 Å². The fourth-order valence-corrected chi connectivity index (χ4v) is 2.72. The van der Waals surface area contributed by atoms with Crippen LogP contribution < -0.4 is 5.73 Å². The lowest BCUT2D eigenvalue weighted by molar-refractivity contribution is 0.252. The molecule has 0 saturated heterocycles. The van der Waals surface area contributed by atoms with E-state index in [1.54, 1.807) is 0 Å². The van der Waals surface area contributed by atoms with Gasteiger partial charge in [-0.2, -0.15) is 0 Å². The third-order valence-corrected chi connectivity index (χ3v) is 4.33. The smallest absolute Gasteiger partial charge is 0.00783 e. The predicted octanol–water partition coefficient (Wildman–Crippen LogP) is 2.99. The first kappa shape index (κ1) is 10.7. The summed E-state index contributed by atoms with van der Waals surface area (Å²) in [6.45, 7) is 7.45. The van der Waals surface area contributed by atoms with Crippen LogP contribution in [-0.2, 0) is 5.41 Å². The van der Waals surface area contributed by atoms with E-state index in [1.165, 1.54) is 41.5 Å². The lowest BCUT2D eigenvalue weighted by atomic mass is 9.63. The van der Waals surface area contributed by atoms with Crippen molar-refractivity contribution in [2.24, 2.45) is 5.73 Å². The highest BCUT2D eigenvalue weighted by molar-refractivity contribution is 5.44. The van der Waals surface area contributed by atoms with Gasteiger partial charge in [0.15, 0.2) is 0 Å². The molecule has 1 aliphatic carbocycles. The molecular weight excluding hydrogens is 182 g/mol. The van der Waals surface area contributed by atoms with E-state index in [0.29, 0.717) is 5.41 Å². The zero-order chi connectivity index (χ0) is 11.1. The Bertz CT molecular complexity index is 370. The van der Waals surface area contributed by atoms with Gasteiger partial charge in [0.1, 0.15) is 0 Å². The van der Waals surface area contributed by atoms with E-state index >= 15 is 0 Å². The van der Waals surface area contributed by atoms with Crippen LogP contribution in [0.5, 0.6) is 0 Å². The fraction of sp³-hybridized carbons (Fsp3) is 0.571. The molecule has 1 aromatic carbocycles. The molecule has 1 nitrogen and oxygen atoms in total. The Morgan fingerprint density at radius 3 is 2.27 bits per heavy atom. The maximum absolute atomic E-state index is 5.96. The normalized spacial score (nSPS) is 18.7. The minimum Gasteiger partial charge on any atom is -0.330 e. The van der Waals surface area contributed by atoms with Crippen LogP contribution in [0.3, 0.4) is 0 Å². The summed E-state index contributed by atoms with van der Waals surface area (Å²) in [5, 5.41) is 0. The van der Waals surface area contributed by atoms with Gasteiger partial charge in [0.25, 0.3) is 0 Å². The maximum Gasteiger partial charge on any atom is 0.00783 e. The summed E-state index contributed by atoms with van der Waals surface area (Å²) < 4.78 is 0. The summed E-state index contributed by atoms with van der Waals surface area (Å²) >= 11 is 0. The molecule has 1 heteroatoms. The van der Waals surface area contributed by atoms with Gasteiger partial charge < -0.3 is 5.73 Å². The third-order valence-electron chi connectivity index (χ3n) is 4.33. The molecule has 0 bridgehead atoms. The van der Waals surface area contributed by atoms with Crippen molar-refractivity contribution < 1.29 is 0 Å². The van der Waals surface area contributed by atoms with Crippen LogP contribution >= 0.6 is 0 Å². The second-order valence-corrected chi connectivity index (χ2v) is 5.02. The van der Waals surface area contributed by atoms with Crippen LogP contribution in [0.25, 0.3) is 0 Å². The maximum atomic E-state index is 5.96. The highest BCUT2D eigenvalue weighted by Crippen LogP contribution is 2.44. The molecule has 0 atom stereocenters. The molecule has 0 aliphatic heterocycles. The molecule has 2 rings (SSSR count). The van der Waals surface area contributed by atoms with E-state index in [4.69, 9.17) is 5.73 Å². The summed E-state index contributed by atoms with van der Waals surface area (Å²) in [4.78, 5) is 0. The van der Waals surface area contributed by atoms with E-state index in [-0.39, 0.29) is 0 Å². The molecule has 15 heavy (non-hydrogen) atoms. The molecule has 2 N–H and O–H groups in total. The summed E-state index contributed by atoms with van der Waals surface area (Å²) in [5.41, 5.74) is 12.1. The SMILES string of the molecule is Cc1ccc(C2(CN)CCC2)c(C)c1C. The summed E-state index contributed by atoms with van der Waals surface area (Å²) in [6.07, 6.45) is 3.88. The van der Waals surface area contributed by atoms with Crippen LogP contribution in [0.2, 0.25) is 0 Å². The third kappa shape index (κ3) is 1.50. The number of benzene rings is 1. The topological polar surface area (TPSA) is 26.0 Å². The predicted molar refractivity (Wildman–Crippen MR) is 65.2 cm³/mol. The van der Waals surface area contributed by atoms with Gasteiger partial charge in [-0.05, 0) is 55.9 Å². The lowest BCUT2D eigenvalue weighted by Crippen LogP contribution is -2.42. The summed E-state index contributed by atoms with van der Waals surface area (Å²) in [5.74, 6) is 0. The van der Waals surface area contributed by atoms with Crippen LogP contribution in [0.1, 0.15) is 41.5 Å². The number of hydrogen-bond donors (Lipinski definition) is 1. The second kappa shape index (κ2) is 3.64. The van der Waals surface area contributed by atoms with E-state index in [9.17, 15) is 0 Å². The monoisotopic (exact) mass is 203 g/mol. The second-order valence-electron chi connectivity index (χ2n) is 5.02. The molecule has 0 heterocycles. The van der Waals surface area contributed by atoms with Crippen molar-refractivity contribution in [3.8, 4) is 0 Å². The Kier molecular flexibility index (Phi) is 2.59. The zero-order valence-corrected chi connectivity index (χ0v) is 10.1. The van der Waals surface area contributed by atoms with Gasteiger partial charge in [-0.15, -0.1) is 0 Å². The molecule has 0 spiro atoms. The largest absolute Gasteiger partial charge is 0.330 e. The van der Waals surface area contributed by atoms with E-state index in [2.05, 4.69) is 32.9 Å². The van der Waals surface area contributed by atoms with Crippen molar-refractivity contribution in [3.05, 3.63) is 34.4 Å². The van der Waals surface area contributed by atoms with E-state index < -0.39 is 0 Å². The first-order valence-corrected chi connectivity index (χ1v) is 5.88. The highest BCUT2D eigenvalue weighted by atomic mass is 14.6. The fourth-order valence-electron chi connectivity index (χ4n) is 2.72. The van der Waals surface area contributed by atoms with Gasteiger partial charge in [0.2, 0.25) is 0 Å². The van der Waals surface area contributed by atoms with Crippen molar-refractivity contribution in [3.63, 3.8) is 0 Å². The quantitative estimate of drug-likeness (QED) is 0.785. The molecule has 1 aromatic rings. The van der Waals surface area contributed by atoms with Gasteiger partial charge in [0.05, 0.1) is 0 Å². The number of aryl methyl sites for hydroxylation is 1. The minimum atomic E-state index is 0.308. The first-order chi connectivity index (χ1) is 7.10. The van der Waals surface area contributed by atoms with Crippen molar-refractivity contribution in [2.75, 3.05) is 6.54 Å². The zero-order valence-electron chi connectivity index (χ0n) is 10.1. The summed E-state index contributed by atoms with van der Waals surface area (Å²) in [6, 6.07) is 4.54. The molecule has 0 unspecified atom stereocenters. The Balaban J connectivity index is 2.49. The van der Waals surface area contributed by atoms with Crippen LogP contribution in [0.15, 0.2) is 12.1 Å². The Morgan fingerprint density at radius 2 is 1.80 bits per heavy atom. The van der Waals surface area contributed by atoms with Gasteiger partial charge >= 0.3 is 0 Å². The van der Waals surface area contributed by atoms with Crippen molar-refractivity contribution >= 4 is 0 Å². The van der Waals surface area contributed by atoms with Gasteiger partial charge in [-0.1, -0.05) is 18.6 Å². The molecular formula is C14H21N. The van der Waals surface area contributed by atoms with Crippen molar-refractivity contribution in [1.29, 1.82) is 0 Å². The lowest BCUT2D eigenvalue weighted by Gasteiger charge is -2.43. The molecule has 0 amide bonds. The van der Waals surface area contributed by atoms with E-state index in [1.807, 2.05) is 0 Å². The molecule has 0 aromatic heterocycles. The first-order valence-electron chi connectivity index (χ1n) is 5.88. The van der Waals surface area contributed by atoms with Crippen LogP contribution in [0.4, 0.5) is 0 Å². The standard InChI is InChI=1S/C14H21N/c1-10-5-6-13(12(3)11(10)2)14(9-15)7-4-8-14/h5-6H,4,7-9,15H2,1-3H3. The molecule has 1 saturated carbocycles. The summed E-state index contributed by atoms with van der Waals surface area (Å²) in [7, 11) is 0. The number of nitrogens with two attached hydrogens (primary N) is 1. The van der Waals surface area contributed by atoms with Gasteiger partial charge in [0, 0.05) is 12.0 Å². The van der Waals surface area contributed by atoms with Gasteiger partial charge in [-0.25, -0.2) is 0 Å². The Hall–Kier alpha value is -0.820. The Morgan fingerprint density at radius 1 is 1.13 bits per heavy atom. The van der Waals surface area contributed by atoms with E-state index in [0.717, 1.165) is 6.54 Å². The molecule has 1 fully saturated rings. The molecule has 82 valence electrons. The van der Waals surface area contributed by atoms with Crippen LogP contribution in [0, 0.1) is 20.8 Å². The van der Waals surface area contributed by atoms with Crippen molar-refractivity contribution in [2.45, 2.75) is 45.4 Å². The average molecular weight is 203 g/mol. The van der Waals surface area contributed by atoms with Crippen LogP contribution in [-0.4, -0.2) is 6.54 Å². The molecule has 1 aliphatic rings. The number of hydrogen-bond acceptors (Lipinski definition) is 1. The number of rotatable bonds is 2. The molecule has 0 radical (unpaired) electrons. The average Bonchev–Trinajstić information content (AvgIpc) is 2.17.